The third kappa shape index (κ3) is 6.48. The van der Waals surface area contributed by atoms with E-state index in [9.17, 15) is 9.90 Å². The predicted molar refractivity (Wildman–Crippen MR) is 147 cm³/mol. The van der Waals surface area contributed by atoms with Crippen molar-refractivity contribution in [2.24, 2.45) is 0 Å². The molecule has 2 aromatic carbocycles. The number of nitrogens with zero attached hydrogens (tertiary/aromatic N) is 1. The van der Waals surface area contributed by atoms with E-state index in [4.69, 9.17) is 17.0 Å². The second-order valence-corrected chi connectivity index (χ2v) is 22.3. The minimum atomic E-state index is -2.33. The maximum Gasteiger partial charge on any atom is 0.251 e. The number of thiocarbonyl (C=S) groups is 1. The number of methoxy groups -OCH3 is 1. The Labute approximate surface area is 206 Å². The van der Waals surface area contributed by atoms with Crippen molar-refractivity contribution >= 4 is 37.1 Å². The van der Waals surface area contributed by atoms with Crippen molar-refractivity contribution in [3.63, 3.8) is 0 Å². The van der Waals surface area contributed by atoms with Crippen LogP contribution in [0.25, 0.3) is 0 Å². The SMILES string of the molecule is COc1ccc(C(NC(=S)c2ccc(O)cn2)C(=O)Nc2ccc(S(C)(C)(C)(C)C)cc2)cc1. The van der Waals surface area contributed by atoms with Gasteiger partial charge in [0.05, 0.1) is 19.0 Å². The Hall–Kier alpha value is -3.10. The van der Waals surface area contributed by atoms with Crippen LogP contribution in [-0.4, -0.2) is 59.4 Å². The third-order valence-corrected chi connectivity index (χ3v) is 8.22. The average Bonchev–Trinajstić information content (AvgIpc) is 2.76. The number of aromatic nitrogens is 1. The van der Waals surface area contributed by atoms with Gasteiger partial charge in [-0.2, -0.15) is 0 Å². The number of amides is 1. The Kier molecular flexibility index (Phi) is 6.45. The van der Waals surface area contributed by atoms with Gasteiger partial charge < -0.3 is 20.5 Å². The molecule has 0 spiro atoms. The summed E-state index contributed by atoms with van der Waals surface area (Å²) in [7, 11) is -0.743. The first-order valence-electron chi connectivity index (χ1n) is 10.7. The number of hydrogen-bond donors (Lipinski definition) is 3. The second kappa shape index (κ2) is 8.60. The summed E-state index contributed by atoms with van der Waals surface area (Å²) in [6.07, 6.45) is 12.8. The molecule has 3 rings (SSSR count). The summed E-state index contributed by atoms with van der Waals surface area (Å²) in [6.45, 7) is 0. The van der Waals surface area contributed by atoms with Gasteiger partial charge in [-0.05, 0) is 90.3 Å². The number of nitrogens with one attached hydrogen (secondary N) is 2. The Morgan fingerprint density at radius 2 is 1.59 bits per heavy atom. The quantitative estimate of drug-likeness (QED) is 0.404. The first-order valence-corrected chi connectivity index (χ1v) is 15.6. The van der Waals surface area contributed by atoms with Crippen LogP contribution in [-0.2, 0) is 4.79 Å². The van der Waals surface area contributed by atoms with E-state index in [1.165, 1.54) is 17.2 Å². The Morgan fingerprint density at radius 1 is 0.971 bits per heavy atom. The van der Waals surface area contributed by atoms with Crippen LogP contribution in [0.1, 0.15) is 17.3 Å². The standard InChI is InChI=1S/C26H33N3O3S2/c1-32-21-12-7-18(8-13-21)24(29-26(33)23-16-11-20(30)17-27-23)25(31)28-19-9-14-22(15-10-19)34(2,3,4,5)6/h7-17,24,30H,1-6H3,(H,28,31)(H,29,33). The van der Waals surface area contributed by atoms with E-state index < -0.39 is 14.3 Å². The molecule has 1 heterocycles. The molecule has 0 aliphatic carbocycles. The highest BCUT2D eigenvalue weighted by atomic mass is 32.4. The Balaban J connectivity index is 1.87. The highest BCUT2D eigenvalue weighted by Crippen LogP contribution is 2.81. The molecule has 0 saturated carbocycles. The molecule has 3 N–H and O–H groups in total. The maximum atomic E-state index is 13.4. The number of pyridine rings is 1. The summed E-state index contributed by atoms with van der Waals surface area (Å²) < 4.78 is 5.24. The van der Waals surface area contributed by atoms with Gasteiger partial charge in [0.2, 0.25) is 0 Å². The van der Waals surface area contributed by atoms with Crippen molar-refractivity contribution < 1.29 is 14.6 Å². The van der Waals surface area contributed by atoms with Crippen molar-refractivity contribution in [1.82, 2.24) is 10.3 Å². The molecule has 0 bridgehead atoms. The minimum Gasteiger partial charge on any atom is -0.506 e. The Bertz CT molecular complexity index is 1190. The van der Waals surface area contributed by atoms with E-state index in [1.807, 2.05) is 24.3 Å². The summed E-state index contributed by atoms with van der Waals surface area (Å²) in [5, 5.41) is 15.6. The van der Waals surface area contributed by atoms with Gasteiger partial charge in [0, 0.05) is 5.69 Å². The third-order valence-electron chi connectivity index (χ3n) is 5.27. The lowest BCUT2D eigenvalue weighted by atomic mass is 10.1. The molecule has 6 nitrogen and oxygen atoms in total. The molecule has 0 radical (unpaired) electrons. The van der Waals surface area contributed by atoms with E-state index >= 15 is 0 Å². The zero-order chi connectivity index (χ0) is 25.2. The predicted octanol–water partition coefficient (Wildman–Crippen LogP) is 4.82. The second-order valence-electron chi connectivity index (χ2n) is 11.2. The molecule has 8 heteroatoms. The van der Waals surface area contributed by atoms with Crippen molar-refractivity contribution in [2.75, 3.05) is 43.7 Å². The number of benzene rings is 2. The summed E-state index contributed by atoms with van der Waals surface area (Å²) >= 11 is 5.50. The molecule has 1 aromatic heterocycles. The van der Waals surface area contributed by atoms with Crippen LogP contribution in [0.5, 0.6) is 11.5 Å². The van der Waals surface area contributed by atoms with Gasteiger partial charge >= 0.3 is 0 Å². The fourth-order valence-corrected chi connectivity index (χ4v) is 4.99. The van der Waals surface area contributed by atoms with Crippen LogP contribution in [0.2, 0.25) is 0 Å². The number of carbonyl (C=O) groups excluding carboxylic acids is 1. The fourth-order valence-electron chi connectivity index (χ4n) is 3.26. The largest absolute Gasteiger partial charge is 0.506 e. The van der Waals surface area contributed by atoms with Crippen LogP contribution in [0.3, 0.4) is 0 Å². The van der Waals surface area contributed by atoms with Crippen LogP contribution in [0.4, 0.5) is 5.69 Å². The molecule has 1 atom stereocenters. The van der Waals surface area contributed by atoms with Gasteiger partial charge in [-0.1, -0.05) is 24.4 Å². The highest BCUT2D eigenvalue weighted by molar-refractivity contribution is 8.62. The molecule has 3 aromatic rings. The molecule has 0 saturated heterocycles. The molecular weight excluding hydrogens is 466 g/mol. The van der Waals surface area contributed by atoms with Gasteiger partial charge in [0.15, 0.2) is 0 Å². The highest BCUT2D eigenvalue weighted by Gasteiger charge is 2.38. The molecule has 34 heavy (non-hydrogen) atoms. The van der Waals surface area contributed by atoms with E-state index in [2.05, 4.69) is 59.0 Å². The number of ether oxygens (including phenoxy) is 1. The molecule has 1 amide bonds. The number of anilines is 1. The lowest BCUT2D eigenvalue weighted by molar-refractivity contribution is -0.117. The molecule has 0 aliphatic heterocycles. The molecule has 1 unspecified atom stereocenters. The van der Waals surface area contributed by atoms with Crippen LogP contribution < -0.4 is 15.4 Å². The number of carbonyl (C=O) groups is 1. The number of rotatable bonds is 7. The normalized spacial score (nSPS) is 14.3. The zero-order valence-corrected chi connectivity index (χ0v) is 22.1. The first-order chi connectivity index (χ1) is 15.7. The van der Waals surface area contributed by atoms with Crippen LogP contribution in [0, 0.1) is 0 Å². The average molecular weight is 500 g/mol. The topological polar surface area (TPSA) is 83.5 Å². The summed E-state index contributed by atoms with van der Waals surface area (Å²) in [5.41, 5.74) is 1.88. The van der Waals surface area contributed by atoms with E-state index in [0.29, 0.717) is 22.1 Å². The molecule has 182 valence electrons. The van der Waals surface area contributed by atoms with Gasteiger partial charge in [-0.3, -0.25) is 13.1 Å². The van der Waals surface area contributed by atoms with Gasteiger partial charge in [-0.25, -0.2) is 4.98 Å². The molecule has 0 fully saturated rings. The minimum absolute atomic E-state index is 0.0417. The van der Waals surface area contributed by atoms with E-state index in [1.54, 1.807) is 25.3 Å². The molecule has 0 aliphatic rings. The van der Waals surface area contributed by atoms with Crippen LogP contribution >= 0.6 is 20.5 Å². The van der Waals surface area contributed by atoms with Gasteiger partial charge in [0.1, 0.15) is 22.5 Å². The summed E-state index contributed by atoms with van der Waals surface area (Å²) in [4.78, 5) is 19.1. The van der Waals surface area contributed by atoms with Crippen LogP contribution in [0.15, 0.2) is 71.8 Å². The van der Waals surface area contributed by atoms with Crippen molar-refractivity contribution in [3.05, 3.63) is 78.1 Å². The van der Waals surface area contributed by atoms with E-state index in [-0.39, 0.29) is 11.7 Å². The van der Waals surface area contributed by atoms with Gasteiger partial charge in [-0.15, -0.1) is 0 Å². The maximum absolute atomic E-state index is 13.4. The Morgan fingerprint density at radius 3 is 2.09 bits per heavy atom. The number of aromatic hydroxyl groups is 1. The summed E-state index contributed by atoms with van der Waals surface area (Å²) in [5.74, 6) is 0.469. The monoisotopic (exact) mass is 499 g/mol. The fraction of sp³-hybridized carbons (Fsp3) is 0.269. The van der Waals surface area contributed by atoms with Crippen molar-refractivity contribution in [3.8, 4) is 11.5 Å². The van der Waals surface area contributed by atoms with Gasteiger partial charge in [0.25, 0.3) is 5.91 Å². The smallest absolute Gasteiger partial charge is 0.251 e. The lowest BCUT2D eigenvalue weighted by Gasteiger charge is -2.66. The van der Waals surface area contributed by atoms with E-state index in [0.717, 1.165) is 5.56 Å². The zero-order valence-electron chi connectivity index (χ0n) is 20.5. The van der Waals surface area contributed by atoms with Crippen molar-refractivity contribution in [1.29, 1.82) is 0 Å². The van der Waals surface area contributed by atoms with Crippen molar-refractivity contribution in [2.45, 2.75) is 10.9 Å². The lowest BCUT2D eigenvalue weighted by Crippen LogP contribution is -2.36. The molecular formula is C26H33N3O3S2. The summed E-state index contributed by atoms with van der Waals surface area (Å²) in [6, 6.07) is 17.6. The first kappa shape index (κ1) is 25.5. The number of hydrogen-bond acceptors (Lipinski definition) is 5.